The summed E-state index contributed by atoms with van der Waals surface area (Å²) >= 11 is 6.02. The first-order chi connectivity index (χ1) is 8.70. The van der Waals surface area contributed by atoms with Crippen molar-refractivity contribution in [1.82, 2.24) is 0 Å². The van der Waals surface area contributed by atoms with Crippen molar-refractivity contribution < 1.29 is 4.79 Å². The number of rotatable bonds is 4. The van der Waals surface area contributed by atoms with Gasteiger partial charge in [0.25, 0.3) is 0 Å². The van der Waals surface area contributed by atoms with Gasteiger partial charge >= 0.3 is 0 Å². The fourth-order valence-corrected chi connectivity index (χ4v) is 2.02. The molecule has 2 nitrogen and oxygen atoms in total. The number of carbonyl (C=O) groups excluding carboxylic acids is 1. The lowest BCUT2D eigenvalue weighted by atomic mass is 10.2. The van der Waals surface area contributed by atoms with Gasteiger partial charge in [-0.15, -0.1) is 0 Å². The number of carbonyl (C=O) groups is 1. The van der Waals surface area contributed by atoms with Crippen molar-refractivity contribution in [2.45, 2.75) is 6.54 Å². The molecule has 0 spiro atoms. The fourth-order valence-electron chi connectivity index (χ4n) is 1.80. The smallest absolute Gasteiger partial charge is 0.151 e. The highest BCUT2D eigenvalue weighted by atomic mass is 35.5. The normalized spacial score (nSPS) is 10.1. The Bertz CT molecular complexity index is 539. The van der Waals surface area contributed by atoms with E-state index in [-0.39, 0.29) is 0 Å². The van der Waals surface area contributed by atoms with E-state index in [0.29, 0.717) is 10.6 Å². The Balaban J connectivity index is 2.16. The first-order valence-electron chi connectivity index (χ1n) is 5.70. The number of aldehydes is 1. The van der Waals surface area contributed by atoms with E-state index in [9.17, 15) is 4.79 Å². The first-order valence-corrected chi connectivity index (χ1v) is 6.08. The molecule has 0 saturated carbocycles. The first kappa shape index (κ1) is 12.7. The minimum absolute atomic E-state index is 0.488. The van der Waals surface area contributed by atoms with E-state index in [1.165, 1.54) is 5.56 Å². The van der Waals surface area contributed by atoms with Crippen LogP contribution >= 0.6 is 11.6 Å². The third-order valence-corrected chi connectivity index (χ3v) is 3.14. The number of hydrogen-bond acceptors (Lipinski definition) is 2. The largest absolute Gasteiger partial charge is 0.370 e. The summed E-state index contributed by atoms with van der Waals surface area (Å²) in [6.07, 6.45) is 0.767. The second-order valence-electron chi connectivity index (χ2n) is 4.17. The highest BCUT2D eigenvalue weighted by molar-refractivity contribution is 6.33. The predicted molar refractivity (Wildman–Crippen MR) is 75.4 cm³/mol. The minimum atomic E-state index is 0.488. The quantitative estimate of drug-likeness (QED) is 0.779. The number of nitrogens with zero attached hydrogens (tertiary/aromatic N) is 1. The van der Waals surface area contributed by atoms with Gasteiger partial charge in [0.15, 0.2) is 6.29 Å². The van der Waals surface area contributed by atoms with Crippen molar-refractivity contribution in [2.24, 2.45) is 0 Å². The van der Waals surface area contributed by atoms with Gasteiger partial charge < -0.3 is 4.90 Å². The van der Waals surface area contributed by atoms with Crippen LogP contribution in [0.4, 0.5) is 5.69 Å². The average Bonchev–Trinajstić information content (AvgIpc) is 2.39. The molecule has 0 unspecified atom stereocenters. The summed E-state index contributed by atoms with van der Waals surface area (Å²) in [5.41, 5.74) is 2.75. The summed E-state index contributed by atoms with van der Waals surface area (Å²) in [5, 5.41) is 0.488. The Morgan fingerprint density at radius 2 is 1.89 bits per heavy atom. The molecule has 0 atom stereocenters. The van der Waals surface area contributed by atoms with Gasteiger partial charge in [-0.1, -0.05) is 41.9 Å². The number of anilines is 1. The van der Waals surface area contributed by atoms with Gasteiger partial charge in [-0.05, 0) is 23.8 Å². The molecule has 0 aliphatic heterocycles. The lowest BCUT2D eigenvalue weighted by Crippen LogP contribution is -2.16. The number of hydrogen-bond donors (Lipinski definition) is 0. The molecule has 18 heavy (non-hydrogen) atoms. The zero-order chi connectivity index (χ0) is 13.0. The summed E-state index contributed by atoms with van der Waals surface area (Å²) in [6, 6.07) is 15.7. The van der Waals surface area contributed by atoms with Crippen molar-refractivity contribution in [3.8, 4) is 0 Å². The second-order valence-corrected chi connectivity index (χ2v) is 4.57. The van der Waals surface area contributed by atoms with E-state index >= 15 is 0 Å². The van der Waals surface area contributed by atoms with Gasteiger partial charge in [0.1, 0.15) is 0 Å². The van der Waals surface area contributed by atoms with Gasteiger partial charge in [0, 0.05) is 24.8 Å². The van der Waals surface area contributed by atoms with Crippen molar-refractivity contribution in [1.29, 1.82) is 0 Å². The van der Waals surface area contributed by atoms with Gasteiger partial charge in [0.05, 0.1) is 5.02 Å². The molecule has 2 aromatic carbocycles. The highest BCUT2D eigenvalue weighted by Crippen LogP contribution is 2.23. The third-order valence-electron chi connectivity index (χ3n) is 2.81. The Labute approximate surface area is 112 Å². The summed E-state index contributed by atoms with van der Waals surface area (Å²) in [7, 11) is 2.00. The summed E-state index contributed by atoms with van der Waals surface area (Å²) in [4.78, 5) is 12.8. The molecular formula is C15H14ClNO. The molecule has 92 valence electrons. The molecular weight excluding hydrogens is 246 g/mol. The lowest BCUT2D eigenvalue weighted by molar-refractivity contribution is 0.112. The van der Waals surface area contributed by atoms with Gasteiger partial charge in [-0.2, -0.15) is 0 Å². The molecule has 0 fully saturated rings. The maximum absolute atomic E-state index is 10.7. The minimum Gasteiger partial charge on any atom is -0.370 e. The number of halogens is 1. The fraction of sp³-hybridized carbons (Fsp3) is 0.133. The molecule has 0 amide bonds. The molecule has 2 rings (SSSR count). The van der Waals surface area contributed by atoms with Crippen LogP contribution in [0.3, 0.4) is 0 Å². The van der Waals surface area contributed by atoms with Gasteiger partial charge in [-0.25, -0.2) is 0 Å². The zero-order valence-electron chi connectivity index (χ0n) is 10.1. The van der Waals surface area contributed by atoms with E-state index in [1.807, 2.05) is 37.4 Å². The van der Waals surface area contributed by atoms with Crippen LogP contribution in [0.25, 0.3) is 0 Å². The SMILES string of the molecule is CN(Cc1ccccc1)c1ccc(C=O)c(Cl)c1. The van der Waals surface area contributed by atoms with Crippen LogP contribution in [0.15, 0.2) is 48.5 Å². The third kappa shape index (κ3) is 2.90. The topological polar surface area (TPSA) is 20.3 Å². The standard InChI is InChI=1S/C15H14ClNO/c1-17(10-12-5-3-2-4-6-12)14-8-7-13(11-18)15(16)9-14/h2-9,11H,10H2,1H3. The highest BCUT2D eigenvalue weighted by Gasteiger charge is 2.05. The zero-order valence-corrected chi connectivity index (χ0v) is 10.9. The molecule has 0 aromatic heterocycles. The molecule has 2 aromatic rings. The van der Waals surface area contributed by atoms with Crippen LogP contribution in [0.5, 0.6) is 0 Å². The maximum Gasteiger partial charge on any atom is 0.151 e. The van der Waals surface area contributed by atoms with E-state index < -0.39 is 0 Å². The Hall–Kier alpha value is -1.80. The van der Waals surface area contributed by atoms with E-state index in [0.717, 1.165) is 18.5 Å². The van der Waals surface area contributed by atoms with E-state index in [2.05, 4.69) is 17.0 Å². The van der Waals surface area contributed by atoms with Crippen LogP contribution in [-0.2, 0) is 6.54 Å². The van der Waals surface area contributed by atoms with Crippen LogP contribution in [0, 0.1) is 0 Å². The van der Waals surface area contributed by atoms with Crippen LogP contribution in [-0.4, -0.2) is 13.3 Å². The van der Waals surface area contributed by atoms with Crippen molar-refractivity contribution in [3.63, 3.8) is 0 Å². The van der Waals surface area contributed by atoms with E-state index in [1.54, 1.807) is 6.07 Å². The van der Waals surface area contributed by atoms with E-state index in [4.69, 9.17) is 11.6 Å². The lowest BCUT2D eigenvalue weighted by Gasteiger charge is -2.20. The van der Waals surface area contributed by atoms with Crippen molar-refractivity contribution in [2.75, 3.05) is 11.9 Å². The average molecular weight is 260 g/mol. The van der Waals surface area contributed by atoms with Crippen LogP contribution < -0.4 is 4.90 Å². The molecule has 0 radical (unpaired) electrons. The monoisotopic (exact) mass is 259 g/mol. The van der Waals surface area contributed by atoms with Gasteiger partial charge in [-0.3, -0.25) is 4.79 Å². The van der Waals surface area contributed by atoms with Crippen LogP contribution in [0.2, 0.25) is 5.02 Å². The van der Waals surface area contributed by atoms with Crippen molar-refractivity contribution in [3.05, 3.63) is 64.7 Å². The number of benzene rings is 2. The molecule has 0 saturated heterocycles. The Morgan fingerprint density at radius 3 is 2.50 bits per heavy atom. The van der Waals surface area contributed by atoms with Crippen LogP contribution in [0.1, 0.15) is 15.9 Å². The summed E-state index contributed by atoms with van der Waals surface area (Å²) < 4.78 is 0. The second kappa shape index (κ2) is 5.69. The Morgan fingerprint density at radius 1 is 1.17 bits per heavy atom. The molecule has 0 bridgehead atoms. The molecule has 0 heterocycles. The molecule has 0 aliphatic carbocycles. The summed E-state index contributed by atoms with van der Waals surface area (Å²) in [6.45, 7) is 0.803. The van der Waals surface area contributed by atoms with Gasteiger partial charge in [0.2, 0.25) is 0 Å². The maximum atomic E-state index is 10.7. The molecule has 0 N–H and O–H groups in total. The Kier molecular flexibility index (Phi) is 4.00. The summed E-state index contributed by atoms with van der Waals surface area (Å²) in [5.74, 6) is 0. The predicted octanol–water partition coefficient (Wildman–Crippen LogP) is 3.79. The van der Waals surface area contributed by atoms with Crippen molar-refractivity contribution >= 4 is 23.6 Å². The molecule has 3 heteroatoms. The molecule has 0 aliphatic rings.